The van der Waals surface area contributed by atoms with Crippen molar-refractivity contribution in [1.29, 1.82) is 0 Å². The number of benzene rings is 1. The van der Waals surface area contributed by atoms with E-state index in [1.54, 1.807) is 34.4 Å². The van der Waals surface area contributed by atoms with Crippen LogP contribution in [0.5, 0.6) is 0 Å². The number of carbonyl (C=O) groups is 1. The highest BCUT2D eigenvalue weighted by molar-refractivity contribution is 7.16. The fourth-order valence-corrected chi connectivity index (χ4v) is 5.01. The Morgan fingerprint density at radius 2 is 2.23 bits per heavy atom. The average Bonchev–Trinajstić information content (AvgIpc) is 3.17. The van der Waals surface area contributed by atoms with Crippen LogP contribution in [-0.2, 0) is 33.7 Å². The van der Waals surface area contributed by atoms with E-state index >= 15 is 0 Å². The van der Waals surface area contributed by atoms with Crippen molar-refractivity contribution < 1.29 is 18.7 Å². The van der Waals surface area contributed by atoms with Crippen molar-refractivity contribution in [1.82, 2.24) is 0 Å². The minimum absolute atomic E-state index is 0.0939. The summed E-state index contributed by atoms with van der Waals surface area (Å²) in [6.07, 6.45) is 2.52. The first kappa shape index (κ1) is 17.6. The molecule has 138 valence electrons. The van der Waals surface area contributed by atoms with E-state index in [-0.39, 0.29) is 24.4 Å². The van der Waals surface area contributed by atoms with Crippen LogP contribution in [0.2, 0.25) is 0 Å². The minimum atomic E-state index is -0.513. The van der Waals surface area contributed by atoms with Crippen LogP contribution in [0.15, 0.2) is 30.3 Å². The summed E-state index contributed by atoms with van der Waals surface area (Å²) in [4.78, 5) is 15.1. The summed E-state index contributed by atoms with van der Waals surface area (Å²) >= 11 is 1.58. The second-order valence-electron chi connectivity index (χ2n) is 7.06. The average molecular weight is 375 g/mol. The van der Waals surface area contributed by atoms with Gasteiger partial charge in [-0.3, -0.25) is 9.69 Å². The molecule has 0 N–H and O–H groups in total. The van der Waals surface area contributed by atoms with E-state index in [0.29, 0.717) is 18.6 Å². The molecule has 0 saturated carbocycles. The molecule has 1 amide bonds. The molecular weight excluding hydrogens is 353 g/mol. The number of rotatable bonds is 3. The number of carbonyl (C=O) groups excluding carboxylic acids is 1. The summed E-state index contributed by atoms with van der Waals surface area (Å²) in [7, 11) is 0. The molecule has 2 unspecified atom stereocenters. The van der Waals surface area contributed by atoms with Gasteiger partial charge in [-0.1, -0.05) is 18.2 Å². The number of hydrogen-bond acceptors (Lipinski definition) is 4. The van der Waals surface area contributed by atoms with E-state index in [1.165, 1.54) is 23.4 Å². The summed E-state index contributed by atoms with van der Waals surface area (Å²) in [6.45, 7) is 4.40. The van der Waals surface area contributed by atoms with Crippen LogP contribution in [0.3, 0.4) is 0 Å². The molecule has 2 aliphatic rings. The highest BCUT2D eigenvalue weighted by atomic mass is 32.1. The maximum Gasteiger partial charge on any atom is 0.224 e. The number of amides is 1. The molecule has 1 aromatic carbocycles. The molecule has 2 aromatic rings. The molecule has 0 radical (unpaired) electrons. The minimum Gasteiger partial charge on any atom is -0.347 e. The number of ether oxygens (including phenoxy) is 2. The van der Waals surface area contributed by atoms with Crippen molar-refractivity contribution in [3.63, 3.8) is 0 Å². The molecule has 0 bridgehead atoms. The SMILES string of the molecule is CC(=O)N(Cc1ccccc1F)c1cc2c(s1)CC1(CC2)OCC(C)O1. The molecule has 1 aliphatic carbocycles. The summed E-state index contributed by atoms with van der Waals surface area (Å²) in [5.41, 5.74) is 1.75. The first-order valence-corrected chi connectivity index (χ1v) is 9.72. The molecule has 2 atom stereocenters. The fraction of sp³-hybridized carbons (Fsp3) is 0.450. The van der Waals surface area contributed by atoms with Crippen molar-refractivity contribution >= 4 is 22.2 Å². The van der Waals surface area contributed by atoms with Crippen molar-refractivity contribution in [2.75, 3.05) is 11.5 Å². The normalized spacial score (nSPS) is 24.7. The summed E-state index contributed by atoms with van der Waals surface area (Å²) in [6, 6.07) is 8.65. The largest absolute Gasteiger partial charge is 0.347 e. The van der Waals surface area contributed by atoms with Gasteiger partial charge in [0, 0.05) is 30.2 Å². The monoisotopic (exact) mass is 375 g/mol. The number of fused-ring (bicyclic) bond motifs is 1. The number of anilines is 1. The van der Waals surface area contributed by atoms with Crippen LogP contribution in [0.4, 0.5) is 9.39 Å². The van der Waals surface area contributed by atoms with Gasteiger partial charge in [-0.2, -0.15) is 0 Å². The molecular formula is C20H22FNO3S. The fourth-order valence-electron chi connectivity index (χ4n) is 3.67. The van der Waals surface area contributed by atoms with Gasteiger partial charge in [0.2, 0.25) is 5.91 Å². The number of aryl methyl sites for hydroxylation is 1. The van der Waals surface area contributed by atoms with Gasteiger partial charge < -0.3 is 9.47 Å². The van der Waals surface area contributed by atoms with Crippen LogP contribution in [0.1, 0.15) is 36.3 Å². The van der Waals surface area contributed by atoms with E-state index in [2.05, 4.69) is 6.07 Å². The smallest absolute Gasteiger partial charge is 0.224 e. The zero-order chi connectivity index (χ0) is 18.3. The lowest BCUT2D eigenvalue weighted by Crippen LogP contribution is -2.36. The van der Waals surface area contributed by atoms with Gasteiger partial charge in [0.1, 0.15) is 5.82 Å². The van der Waals surface area contributed by atoms with Crippen LogP contribution >= 0.6 is 11.3 Å². The highest BCUT2D eigenvalue weighted by Gasteiger charge is 2.43. The van der Waals surface area contributed by atoms with E-state index in [1.807, 2.05) is 6.92 Å². The number of thiophene rings is 1. The Labute approximate surface area is 156 Å². The Hall–Kier alpha value is -1.76. The van der Waals surface area contributed by atoms with Crippen LogP contribution in [-0.4, -0.2) is 24.4 Å². The van der Waals surface area contributed by atoms with Crippen LogP contribution in [0.25, 0.3) is 0 Å². The summed E-state index contributed by atoms with van der Waals surface area (Å²) < 4.78 is 26.0. The molecule has 1 fully saturated rings. The van der Waals surface area contributed by atoms with Gasteiger partial charge in [0.05, 0.1) is 24.3 Å². The number of nitrogens with zero attached hydrogens (tertiary/aromatic N) is 1. The lowest BCUT2D eigenvalue weighted by atomic mass is 9.93. The van der Waals surface area contributed by atoms with E-state index in [4.69, 9.17) is 9.47 Å². The molecule has 1 aliphatic heterocycles. The highest BCUT2D eigenvalue weighted by Crippen LogP contribution is 2.43. The molecule has 6 heteroatoms. The molecule has 26 heavy (non-hydrogen) atoms. The number of hydrogen-bond donors (Lipinski definition) is 0. The van der Waals surface area contributed by atoms with Crippen molar-refractivity contribution in [3.05, 3.63) is 52.2 Å². The predicted molar refractivity (Wildman–Crippen MR) is 98.8 cm³/mol. The third-order valence-corrected chi connectivity index (χ3v) is 6.22. The van der Waals surface area contributed by atoms with Gasteiger partial charge >= 0.3 is 0 Å². The number of halogens is 1. The Morgan fingerprint density at radius 1 is 1.42 bits per heavy atom. The third-order valence-electron chi connectivity index (χ3n) is 5.02. The van der Waals surface area contributed by atoms with E-state index in [0.717, 1.165) is 17.8 Å². The summed E-state index contributed by atoms with van der Waals surface area (Å²) in [5.74, 6) is -0.898. The van der Waals surface area contributed by atoms with Gasteiger partial charge in [-0.15, -0.1) is 11.3 Å². The standard InChI is InChI=1S/C20H22FNO3S/c1-13-12-24-20(25-13)8-7-15-9-19(26-18(15)10-20)22(14(2)23)11-16-5-3-4-6-17(16)21/h3-6,9,13H,7-8,10-12H2,1-2H3. The Morgan fingerprint density at radius 3 is 2.92 bits per heavy atom. The zero-order valence-corrected chi connectivity index (χ0v) is 15.8. The van der Waals surface area contributed by atoms with Gasteiger partial charge in [-0.05, 0) is 31.0 Å². The second-order valence-corrected chi connectivity index (χ2v) is 8.17. The van der Waals surface area contributed by atoms with Gasteiger partial charge in [-0.25, -0.2) is 4.39 Å². The van der Waals surface area contributed by atoms with Crippen molar-refractivity contribution in [2.24, 2.45) is 0 Å². The molecule has 1 aromatic heterocycles. The molecule has 1 spiro atoms. The van der Waals surface area contributed by atoms with Crippen LogP contribution < -0.4 is 4.90 Å². The lowest BCUT2D eigenvalue weighted by Gasteiger charge is -2.31. The Kier molecular flexibility index (Phi) is 4.59. The third kappa shape index (κ3) is 3.29. The lowest BCUT2D eigenvalue weighted by molar-refractivity contribution is -0.172. The van der Waals surface area contributed by atoms with Gasteiger partial charge in [0.25, 0.3) is 0 Å². The maximum absolute atomic E-state index is 14.0. The van der Waals surface area contributed by atoms with Crippen molar-refractivity contribution in [3.8, 4) is 0 Å². The maximum atomic E-state index is 14.0. The zero-order valence-electron chi connectivity index (χ0n) is 15.0. The Bertz CT molecular complexity index is 836. The van der Waals surface area contributed by atoms with Crippen molar-refractivity contribution in [2.45, 2.75) is 51.5 Å². The second kappa shape index (κ2) is 6.76. The van der Waals surface area contributed by atoms with Crippen LogP contribution in [0, 0.1) is 5.82 Å². The molecule has 2 heterocycles. The first-order chi connectivity index (χ1) is 12.5. The first-order valence-electron chi connectivity index (χ1n) is 8.91. The molecule has 4 nitrogen and oxygen atoms in total. The van der Waals surface area contributed by atoms with Gasteiger partial charge in [0.15, 0.2) is 5.79 Å². The quantitative estimate of drug-likeness (QED) is 0.812. The molecule has 1 saturated heterocycles. The van der Waals surface area contributed by atoms with E-state index in [9.17, 15) is 9.18 Å². The topological polar surface area (TPSA) is 38.8 Å². The molecule has 4 rings (SSSR count). The Balaban J connectivity index is 1.59. The van der Waals surface area contributed by atoms with E-state index < -0.39 is 5.79 Å². The predicted octanol–water partition coefficient (Wildman–Crippen LogP) is 4.06. The summed E-state index contributed by atoms with van der Waals surface area (Å²) in [5, 5.41) is 0.855.